The molecule has 4 heterocycles. The van der Waals surface area contributed by atoms with Crippen LogP contribution in [0, 0.1) is 0 Å². The number of hydrogen-bond acceptors (Lipinski definition) is 8. The zero-order valence-corrected chi connectivity index (χ0v) is 14.1. The maximum atomic E-state index is 11.1. The van der Waals surface area contributed by atoms with Gasteiger partial charge in [0.2, 0.25) is 0 Å². The number of nitrogens with two attached hydrogens (primary N) is 1. The standard InChI is InChI=1S/C15H19N7OS/c1-15(23)7-21(6-11-17-3-5-24-11)4-2-10(15)22-9-20-12-13(16)18-8-19-14(12)22/h3,5,8-10,23H,2,4,6-7H2,1H3,(H2,16,18,19)/t10-,15-/m1/s1. The van der Waals surface area contributed by atoms with Gasteiger partial charge in [-0.15, -0.1) is 11.3 Å². The highest BCUT2D eigenvalue weighted by Crippen LogP contribution is 2.34. The van der Waals surface area contributed by atoms with E-state index in [9.17, 15) is 5.11 Å². The van der Waals surface area contributed by atoms with Gasteiger partial charge in [0.05, 0.1) is 24.5 Å². The molecule has 1 aliphatic heterocycles. The molecule has 0 aromatic carbocycles. The van der Waals surface area contributed by atoms with Crippen molar-refractivity contribution in [3.05, 3.63) is 29.2 Å². The van der Waals surface area contributed by atoms with Gasteiger partial charge < -0.3 is 15.4 Å². The summed E-state index contributed by atoms with van der Waals surface area (Å²) in [5, 5.41) is 14.1. The number of aromatic nitrogens is 5. The number of fused-ring (bicyclic) bond motifs is 1. The highest BCUT2D eigenvalue weighted by molar-refractivity contribution is 7.09. The molecule has 1 saturated heterocycles. The van der Waals surface area contributed by atoms with Crippen LogP contribution in [-0.2, 0) is 6.54 Å². The minimum absolute atomic E-state index is 0.107. The highest BCUT2D eigenvalue weighted by Gasteiger charge is 2.40. The van der Waals surface area contributed by atoms with E-state index in [1.807, 2.05) is 23.1 Å². The predicted octanol–water partition coefficient (Wildman–Crippen LogP) is 1.06. The Labute approximate surface area is 143 Å². The molecule has 8 nitrogen and oxygen atoms in total. The van der Waals surface area contributed by atoms with Crippen LogP contribution in [0.25, 0.3) is 11.2 Å². The first kappa shape index (κ1) is 15.4. The SMILES string of the molecule is C[C@@]1(O)CN(Cc2nccs2)CC[C@H]1n1cnc2c(N)ncnc21. The number of nitrogens with zero attached hydrogens (tertiary/aromatic N) is 6. The number of β-amino-alcohol motifs (C(OH)–C–C–N with tert-alkyl or cyclic N) is 1. The Morgan fingerprint density at radius 3 is 3.00 bits per heavy atom. The molecule has 2 atom stereocenters. The van der Waals surface area contributed by atoms with Gasteiger partial charge in [0.15, 0.2) is 11.5 Å². The summed E-state index contributed by atoms with van der Waals surface area (Å²) in [6.07, 6.45) is 5.74. The Bertz CT molecular complexity index is 845. The lowest BCUT2D eigenvalue weighted by Gasteiger charge is -2.43. The molecule has 3 aromatic rings. The van der Waals surface area contributed by atoms with E-state index in [1.54, 1.807) is 17.7 Å². The van der Waals surface area contributed by atoms with Gasteiger partial charge in [0, 0.05) is 24.7 Å². The van der Waals surface area contributed by atoms with Crippen molar-refractivity contribution in [1.29, 1.82) is 0 Å². The topological polar surface area (TPSA) is 106 Å². The quantitative estimate of drug-likeness (QED) is 0.731. The molecule has 0 radical (unpaired) electrons. The molecule has 3 N–H and O–H groups in total. The summed E-state index contributed by atoms with van der Waals surface area (Å²) in [4.78, 5) is 19.1. The highest BCUT2D eigenvalue weighted by atomic mass is 32.1. The second-order valence-electron chi connectivity index (χ2n) is 6.38. The summed E-state index contributed by atoms with van der Waals surface area (Å²) in [6.45, 7) is 4.07. The fraction of sp³-hybridized carbons (Fsp3) is 0.467. The molecule has 0 bridgehead atoms. The van der Waals surface area contributed by atoms with E-state index in [1.165, 1.54) is 6.33 Å². The fourth-order valence-electron chi connectivity index (χ4n) is 3.45. The number of aliphatic hydroxyl groups is 1. The van der Waals surface area contributed by atoms with Gasteiger partial charge in [0.25, 0.3) is 0 Å². The molecular formula is C15H19N7OS. The third-order valence-corrected chi connectivity index (χ3v) is 5.31. The number of likely N-dealkylation sites (tertiary alicyclic amines) is 1. The number of anilines is 1. The van der Waals surface area contributed by atoms with Gasteiger partial charge in [-0.2, -0.15) is 0 Å². The minimum atomic E-state index is -0.900. The lowest BCUT2D eigenvalue weighted by atomic mass is 9.89. The fourth-order valence-corrected chi connectivity index (χ4v) is 4.10. The van der Waals surface area contributed by atoms with E-state index < -0.39 is 5.60 Å². The van der Waals surface area contributed by atoms with Gasteiger partial charge in [-0.1, -0.05) is 0 Å². The number of hydrogen-bond donors (Lipinski definition) is 2. The van der Waals surface area contributed by atoms with Gasteiger partial charge in [-0.25, -0.2) is 19.9 Å². The lowest BCUT2D eigenvalue weighted by molar-refractivity contribution is -0.0579. The van der Waals surface area contributed by atoms with Crippen molar-refractivity contribution in [1.82, 2.24) is 29.4 Å². The molecule has 24 heavy (non-hydrogen) atoms. The van der Waals surface area contributed by atoms with Crippen molar-refractivity contribution in [2.24, 2.45) is 0 Å². The van der Waals surface area contributed by atoms with Crippen molar-refractivity contribution >= 4 is 28.3 Å². The Hall–Kier alpha value is -2.10. The van der Waals surface area contributed by atoms with Crippen LogP contribution in [0.15, 0.2) is 24.2 Å². The van der Waals surface area contributed by atoms with Crippen LogP contribution in [0.1, 0.15) is 24.4 Å². The van der Waals surface area contributed by atoms with Crippen LogP contribution < -0.4 is 5.73 Å². The largest absolute Gasteiger partial charge is 0.387 e. The number of nitrogen functional groups attached to an aromatic ring is 1. The molecule has 1 fully saturated rings. The average molecular weight is 345 g/mol. The van der Waals surface area contributed by atoms with E-state index in [2.05, 4.69) is 24.8 Å². The van der Waals surface area contributed by atoms with Crippen molar-refractivity contribution in [3.63, 3.8) is 0 Å². The average Bonchev–Trinajstić information content (AvgIpc) is 3.17. The number of thiazole rings is 1. The summed E-state index contributed by atoms with van der Waals surface area (Å²) >= 11 is 1.64. The zero-order chi connectivity index (χ0) is 16.7. The molecule has 3 aromatic heterocycles. The summed E-state index contributed by atoms with van der Waals surface area (Å²) in [7, 11) is 0. The first-order chi connectivity index (χ1) is 11.5. The Morgan fingerprint density at radius 1 is 1.38 bits per heavy atom. The van der Waals surface area contributed by atoms with Crippen LogP contribution in [0.2, 0.25) is 0 Å². The summed E-state index contributed by atoms with van der Waals surface area (Å²) in [5.41, 5.74) is 6.21. The number of rotatable bonds is 3. The van der Waals surface area contributed by atoms with Gasteiger partial charge in [0.1, 0.15) is 16.9 Å². The van der Waals surface area contributed by atoms with Crippen molar-refractivity contribution in [2.45, 2.75) is 31.5 Å². The third kappa shape index (κ3) is 2.64. The summed E-state index contributed by atoms with van der Waals surface area (Å²) in [5.74, 6) is 0.361. The van der Waals surface area contributed by atoms with Crippen LogP contribution in [0.3, 0.4) is 0 Å². The predicted molar refractivity (Wildman–Crippen MR) is 91.4 cm³/mol. The first-order valence-corrected chi connectivity index (χ1v) is 8.69. The van der Waals surface area contributed by atoms with E-state index >= 15 is 0 Å². The third-order valence-electron chi connectivity index (χ3n) is 4.55. The van der Waals surface area contributed by atoms with Gasteiger partial charge in [-0.3, -0.25) is 4.90 Å². The second kappa shape index (κ2) is 5.76. The summed E-state index contributed by atoms with van der Waals surface area (Å²) < 4.78 is 1.92. The first-order valence-electron chi connectivity index (χ1n) is 7.81. The zero-order valence-electron chi connectivity index (χ0n) is 13.3. The minimum Gasteiger partial charge on any atom is -0.387 e. The molecule has 0 saturated carbocycles. The molecule has 126 valence electrons. The molecule has 0 amide bonds. The van der Waals surface area contributed by atoms with E-state index in [4.69, 9.17) is 5.73 Å². The maximum absolute atomic E-state index is 11.1. The number of imidazole rings is 1. The smallest absolute Gasteiger partial charge is 0.165 e. The molecule has 0 spiro atoms. The van der Waals surface area contributed by atoms with Gasteiger partial charge >= 0.3 is 0 Å². The Morgan fingerprint density at radius 2 is 2.25 bits per heavy atom. The van der Waals surface area contributed by atoms with Crippen molar-refractivity contribution in [3.8, 4) is 0 Å². The molecular weight excluding hydrogens is 326 g/mol. The Balaban J connectivity index is 1.59. The monoisotopic (exact) mass is 345 g/mol. The molecule has 0 unspecified atom stereocenters. The van der Waals surface area contributed by atoms with Crippen molar-refractivity contribution in [2.75, 3.05) is 18.8 Å². The second-order valence-corrected chi connectivity index (χ2v) is 7.36. The van der Waals surface area contributed by atoms with E-state index in [0.717, 1.165) is 24.5 Å². The molecule has 9 heteroatoms. The van der Waals surface area contributed by atoms with E-state index in [0.29, 0.717) is 23.5 Å². The normalized spacial score (nSPS) is 25.3. The maximum Gasteiger partial charge on any atom is 0.165 e. The van der Waals surface area contributed by atoms with Crippen LogP contribution in [0.5, 0.6) is 0 Å². The Kier molecular flexibility index (Phi) is 3.70. The van der Waals surface area contributed by atoms with Gasteiger partial charge in [-0.05, 0) is 13.3 Å². The van der Waals surface area contributed by atoms with E-state index in [-0.39, 0.29) is 6.04 Å². The summed E-state index contributed by atoms with van der Waals surface area (Å²) in [6, 6.07) is -0.107. The molecule has 0 aliphatic carbocycles. The number of piperidine rings is 1. The van der Waals surface area contributed by atoms with Crippen LogP contribution in [-0.4, -0.2) is 53.2 Å². The van der Waals surface area contributed by atoms with Crippen LogP contribution >= 0.6 is 11.3 Å². The van der Waals surface area contributed by atoms with Crippen molar-refractivity contribution < 1.29 is 5.11 Å². The molecule has 1 aliphatic rings. The molecule has 4 rings (SSSR count). The lowest BCUT2D eigenvalue weighted by Crippen LogP contribution is -2.52. The van der Waals surface area contributed by atoms with Crippen LogP contribution in [0.4, 0.5) is 5.82 Å².